The largest absolute Gasteiger partial charge is 0.504 e. The van der Waals surface area contributed by atoms with Gasteiger partial charge >= 0.3 is 0 Å². The molecule has 0 spiro atoms. The summed E-state index contributed by atoms with van der Waals surface area (Å²) in [5.74, 6) is 1.44. The van der Waals surface area contributed by atoms with E-state index in [2.05, 4.69) is 45.0 Å². The second-order valence-electron chi connectivity index (χ2n) is 6.56. The minimum absolute atomic E-state index is 0.143. The highest BCUT2D eigenvalue weighted by atomic mass is 32.1. The molecule has 0 radical (unpaired) electrons. The summed E-state index contributed by atoms with van der Waals surface area (Å²) in [6, 6.07) is 10.1. The van der Waals surface area contributed by atoms with Crippen LogP contribution in [-0.2, 0) is 6.54 Å². The SMILES string of the molecule is CCNC(=NCc1ccc(OC)c(O)c1)NC1CCN(c2cccs2)CC1. The summed E-state index contributed by atoms with van der Waals surface area (Å²) in [5, 5.41) is 20.3. The van der Waals surface area contributed by atoms with Crippen molar-refractivity contribution in [1.82, 2.24) is 10.6 Å². The van der Waals surface area contributed by atoms with Crippen molar-refractivity contribution in [2.75, 3.05) is 31.6 Å². The number of nitrogens with one attached hydrogen (secondary N) is 2. The van der Waals surface area contributed by atoms with Crippen LogP contribution in [0, 0.1) is 0 Å². The molecule has 1 saturated heterocycles. The predicted octanol–water partition coefficient (Wildman–Crippen LogP) is 3.19. The summed E-state index contributed by atoms with van der Waals surface area (Å²) in [6.07, 6.45) is 2.18. The Kier molecular flexibility index (Phi) is 6.81. The van der Waals surface area contributed by atoms with Crippen molar-refractivity contribution in [2.24, 2.45) is 4.99 Å². The third kappa shape index (κ3) is 5.29. The van der Waals surface area contributed by atoms with E-state index < -0.39 is 0 Å². The van der Waals surface area contributed by atoms with Crippen LogP contribution in [0.25, 0.3) is 0 Å². The molecule has 0 aliphatic carbocycles. The summed E-state index contributed by atoms with van der Waals surface area (Å²) in [6.45, 7) is 5.50. The Morgan fingerprint density at radius 1 is 1.33 bits per heavy atom. The minimum Gasteiger partial charge on any atom is -0.504 e. The van der Waals surface area contributed by atoms with Gasteiger partial charge in [0.05, 0.1) is 18.7 Å². The molecular formula is C20H28N4O2S. The molecular weight excluding hydrogens is 360 g/mol. The van der Waals surface area contributed by atoms with Gasteiger partial charge in [-0.25, -0.2) is 4.99 Å². The average molecular weight is 389 g/mol. The molecule has 1 aromatic carbocycles. The molecule has 0 unspecified atom stereocenters. The van der Waals surface area contributed by atoms with Gasteiger partial charge < -0.3 is 25.4 Å². The van der Waals surface area contributed by atoms with Crippen LogP contribution in [0.3, 0.4) is 0 Å². The number of nitrogens with zero attached hydrogens (tertiary/aromatic N) is 2. The molecule has 2 heterocycles. The van der Waals surface area contributed by atoms with E-state index in [4.69, 9.17) is 4.74 Å². The van der Waals surface area contributed by atoms with E-state index in [-0.39, 0.29) is 5.75 Å². The van der Waals surface area contributed by atoms with Crippen molar-refractivity contribution < 1.29 is 9.84 Å². The van der Waals surface area contributed by atoms with E-state index in [9.17, 15) is 5.11 Å². The van der Waals surface area contributed by atoms with Crippen molar-refractivity contribution in [3.8, 4) is 11.5 Å². The van der Waals surface area contributed by atoms with Gasteiger partial charge in [-0.3, -0.25) is 0 Å². The first kappa shape index (κ1) is 19.4. The second kappa shape index (κ2) is 9.50. The van der Waals surface area contributed by atoms with Gasteiger partial charge in [-0.2, -0.15) is 0 Å². The first-order chi connectivity index (χ1) is 13.2. The van der Waals surface area contributed by atoms with E-state index in [1.165, 1.54) is 5.00 Å². The van der Waals surface area contributed by atoms with Crippen molar-refractivity contribution in [3.63, 3.8) is 0 Å². The zero-order valence-electron chi connectivity index (χ0n) is 15.9. The molecule has 2 aromatic rings. The number of hydrogen-bond acceptors (Lipinski definition) is 5. The molecule has 0 bridgehead atoms. The lowest BCUT2D eigenvalue weighted by Gasteiger charge is -2.33. The first-order valence-electron chi connectivity index (χ1n) is 9.38. The van der Waals surface area contributed by atoms with Crippen LogP contribution in [0.1, 0.15) is 25.3 Å². The number of aromatic hydroxyl groups is 1. The van der Waals surface area contributed by atoms with Gasteiger partial charge in [0.15, 0.2) is 17.5 Å². The Morgan fingerprint density at radius 2 is 2.15 bits per heavy atom. The summed E-state index contributed by atoms with van der Waals surface area (Å²) in [5.41, 5.74) is 0.943. The molecule has 146 valence electrons. The Hall–Kier alpha value is -2.41. The van der Waals surface area contributed by atoms with Gasteiger partial charge in [0.1, 0.15) is 0 Å². The molecule has 1 aliphatic rings. The maximum atomic E-state index is 9.92. The lowest BCUT2D eigenvalue weighted by Crippen LogP contribution is -2.48. The lowest BCUT2D eigenvalue weighted by molar-refractivity contribution is 0.373. The number of hydrogen-bond donors (Lipinski definition) is 3. The van der Waals surface area contributed by atoms with Crippen LogP contribution in [0.15, 0.2) is 40.7 Å². The summed E-state index contributed by atoms with van der Waals surface area (Å²) in [7, 11) is 1.55. The number of ether oxygens (including phenoxy) is 1. The number of phenols is 1. The van der Waals surface area contributed by atoms with Crippen LogP contribution in [0.5, 0.6) is 11.5 Å². The fourth-order valence-corrected chi connectivity index (χ4v) is 4.00. The Balaban J connectivity index is 1.55. The molecule has 7 heteroatoms. The van der Waals surface area contributed by atoms with Gasteiger partial charge in [0, 0.05) is 25.7 Å². The number of aliphatic imine (C=N–C) groups is 1. The Labute approximate surface area is 164 Å². The molecule has 3 rings (SSSR count). The van der Waals surface area contributed by atoms with E-state index in [0.29, 0.717) is 18.3 Å². The highest BCUT2D eigenvalue weighted by Gasteiger charge is 2.20. The van der Waals surface area contributed by atoms with Crippen LogP contribution >= 0.6 is 11.3 Å². The van der Waals surface area contributed by atoms with Crippen LogP contribution in [-0.4, -0.2) is 43.9 Å². The standard InChI is InChI=1S/C20H28N4O2S/c1-3-21-20(22-14-15-6-7-18(26-2)17(25)13-15)23-16-8-10-24(11-9-16)19-5-4-12-27-19/h4-7,12-13,16,25H,3,8-11,14H2,1-2H3,(H2,21,22,23). The molecule has 1 fully saturated rings. The Bertz CT molecular complexity index is 740. The Morgan fingerprint density at radius 3 is 2.78 bits per heavy atom. The molecule has 0 saturated carbocycles. The quantitative estimate of drug-likeness (QED) is 0.524. The van der Waals surface area contributed by atoms with Gasteiger partial charge in [0.25, 0.3) is 0 Å². The van der Waals surface area contributed by atoms with Crippen molar-refractivity contribution in [2.45, 2.75) is 32.4 Å². The summed E-state index contributed by atoms with van der Waals surface area (Å²) >= 11 is 1.80. The van der Waals surface area contributed by atoms with Crippen LogP contribution < -0.4 is 20.3 Å². The van der Waals surface area contributed by atoms with Gasteiger partial charge in [-0.05, 0) is 55.0 Å². The van der Waals surface area contributed by atoms with Gasteiger partial charge in [-0.1, -0.05) is 6.07 Å². The topological polar surface area (TPSA) is 69.1 Å². The molecule has 1 aliphatic heterocycles. The second-order valence-corrected chi connectivity index (χ2v) is 7.48. The molecule has 0 atom stereocenters. The third-order valence-electron chi connectivity index (χ3n) is 4.66. The van der Waals surface area contributed by atoms with E-state index in [1.807, 2.05) is 6.07 Å². The van der Waals surface area contributed by atoms with Crippen molar-refractivity contribution >= 4 is 22.3 Å². The highest BCUT2D eigenvalue weighted by molar-refractivity contribution is 7.14. The summed E-state index contributed by atoms with van der Waals surface area (Å²) in [4.78, 5) is 7.13. The van der Waals surface area contributed by atoms with E-state index in [0.717, 1.165) is 44.0 Å². The number of rotatable bonds is 6. The molecule has 0 amide bonds. The zero-order chi connectivity index (χ0) is 19.1. The molecule has 1 aromatic heterocycles. The number of phenolic OH excluding ortho intramolecular Hbond substituents is 1. The summed E-state index contributed by atoms with van der Waals surface area (Å²) < 4.78 is 5.09. The first-order valence-corrected chi connectivity index (χ1v) is 10.3. The molecule has 6 nitrogen and oxygen atoms in total. The van der Waals surface area contributed by atoms with Crippen LogP contribution in [0.2, 0.25) is 0 Å². The van der Waals surface area contributed by atoms with Gasteiger partial charge in [-0.15, -0.1) is 11.3 Å². The smallest absolute Gasteiger partial charge is 0.191 e. The monoisotopic (exact) mass is 388 g/mol. The number of piperidine rings is 1. The number of benzene rings is 1. The number of methoxy groups -OCH3 is 1. The fraction of sp³-hybridized carbons (Fsp3) is 0.450. The molecule has 3 N–H and O–H groups in total. The maximum absolute atomic E-state index is 9.92. The molecule has 27 heavy (non-hydrogen) atoms. The van der Waals surface area contributed by atoms with Crippen LogP contribution in [0.4, 0.5) is 5.00 Å². The van der Waals surface area contributed by atoms with E-state index >= 15 is 0 Å². The average Bonchev–Trinajstić information content (AvgIpc) is 3.22. The lowest BCUT2D eigenvalue weighted by atomic mass is 10.1. The zero-order valence-corrected chi connectivity index (χ0v) is 16.8. The number of thiophene rings is 1. The normalized spacial score (nSPS) is 15.6. The fourth-order valence-electron chi connectivity index (χ4n) is 3.21. The minimum atomic E-state index is 0.143. The number of guanidine groups is 1. The number of anilines is 1. The van der Waals surface area contributed by atoms with E-state index in [1.54, 1.807) is 30.6 Å². The predicted molar refractivity (Wildman–Crippen MR) is 112 cm³/mol. The highest BCUT2D eigenvalue weighted by Crippen LogP contribution is 2.27. The third-order valence-corrected chi connectivity index (χ3v) is 5.59. The van der Waals surface area contributed by atoms with Crippen molar-refractivity contribution in [3.05, 3.63) is 41.3 Å². The maximum Gasteiger partial charge on any atom is 0.191 e. The van der Waals surface area contributed by atoms with Gasteiger partial charge in [0.2, 0.25) is 0 Å². The van der Waals surface area contributed by atoms with Crippen molar-refractivity contribution in [1.29, 1.82) is 0 Å².